The SMILES string of the molecule is C=C(C)[C@@]1(C)CC[C@H](C)C(C)(C)C1=O. The average Bonchev–Trinajstić information content (AvgIpc) is 2.09. The van der Waals surface area contributed by atoms with E-state index in [2.05, 4.69) is 27.4 Å². The maximum Gasteiger partial charge on any atom is 0.148 e. The minimum absolute atomic E-state index is 0.189. The molecule has 0 amide bonds. The summed E-state index contributed by atoms with van der Waals surface area (Å²) < 4.78 is 0. The molecule has 1 aliphatic carbocycles. The molecule has 0 bridgehead atoms. The molecule has 80 valence electrons. The predicted octanol–water partition coefficient (Wildman–Crippen LogP) is 3.59. The summed E-state index contributed by atoms with van der Waals surface area (Å²) in [6.45, 7) is 14.3. The van der Waals surface area contributed by atoms with Crippen molar-refractivity contribution in [2.45, 2.75) is 47.5 Å². The Bertz CT molecular complexity index is 275. The zero-order valence-electron chi connectivity index (χ0n) is 10.1. The number of allylic oxidation sites excluding steroid dienone is 1. The summed E-state index contributed by atoms with van der Waals surface area (Å²) in [5, 5.41) is 0. The summed E-state index contributed by atoms with van der Waals surface area (Å²) in [4.78, 5) is 12.4. The van der Waals surface area contributed by atoms with Gasteiger partial charge in [-0.2, -0.15) is 0 Å². The van der Waals surface area contributed by atoms with E-state index in [1.807, 2.05) is 13.8 Å². The van der Waals surface area contributed by atoms with Gasteiger partial charge in [0, 0.05) is 10.8 Å². The van der Waals surface area contributed by atoms with Crippen molar-refractivity contribution >= 4 is 5.78 Å². The molecule has 2 atom stereocenters. The molecule has 0 aromatic rings. The molecule has 1 fully saturated rings. The highest BCUT2D eigenvalue weighted by atomic mass is 16.1. The molecular formula is C13H22O. The fourth-order valence-corrected chi connectivity index (χ4v) is 2.32. The third kappa shape index (κ3) is 1.43. The fraction of sp³-hybridized carbons (Fsp3) is 0.769. The molecule has 0 radical (unpaired) electrons. The number of ketones is 1. The zero-order chi connectivity index (χ0) is 11.1. The van der Waals surface area contributed by atoms with Crippen molar-refractivity contribution in [2.75, 3.05) is 0 Å². The van der Waals surface area contributed by atoms with E-state index in [9.17, 15) is 4.79 Å². The van der Waals surface area contributed by atoms with Crippen LogP contribution in [0.2, 0.25) is 0 Å². The Morgan fingerprint density at radius 2 is 1.93 bits per heavy atom. The van der Waals surface area contributed by atoms with Crippen molar-refractivity contribution in [1.82, 2.24) is 0 Å². The lowest BCUT2D eigenvalue weighted by molar-refractivity contribution is -0.141. The Hall–Kier alpha value is -0.590. The maximum atomic E-state index is 12.4. The van der Waals surface area contributed by atoms with Crippen LogP contribution in [0.25, 0.3) is 0 Å². The lowest BCUT2D eigenvalue weighted by Gasteiger charge is -2.45. The zero-order valence-corrected chi connectivity index (χ0v) is 10.1. The standard InChI is InChI=1S/C13H22O/c1-9(2)13(6)8-7-10(3)12(4,5)11(13)14/h10H,1,7-8H2,2-6H3/t10-,13+/m0/s1. The molecule has 0 aliphatic heterocycles. The Morgan fingerprint density at radius 1 is 1.43 bits per heavy atom. The van der Waals surface area contributed by atoms with Gasteiger partial charge in [-0.15, -0.1) is 0 Å². The fourth-order valence-electron chi connectivity index (χ4n) is 2.32. The molecule has 1 saturated carbocycles. The van der Waals surface area contributed by atoms with Gasteiger partial charge in [-0.1, -0.05) is 32.9 Å². The highest BCUT2D eigenvalue weighted by molar-refractivity contribution is 5.92. The van der Waals surface area contributed by atoms with Crippen LogP contribution >= 0.6 is 0 Å². The Balaban J connectivity index is 3.08. The van der Waals surface area contributed by atoms with Crippen LogP contribution in [-0.4, -0.2) is 5.78 Å². The van der Waals surface area contributed by atoms with E-state index in [4.69, 9.17) is 0 Å². The van der Waals surface area contributed by atoms with Crippen LogP contribution in [0.15, 0.2) is 12.2 Å². The number of hydrogen-bond donors (Lipinski definition) is 0. The van der Waals surface area contributed by atoms with Gasteiger partial charge in [-0.05, 0) is 32.6 Å². The van der Waals surface area contributed by atoms with E-state index in [1.54, 1.807) is 0 Å². The van der Waals surface area contributed by atoms with Gasteiger partial charge in [0.1, 0.15) is 5.78 Å². The van der Waals surface area contributed by atoms with Crippen LogP contribution in [0, 0.1) is 16.7 Å². The van der Waals surface area contributed by atoms with E-state index in [1.165, 1.54) is 0 Å². The van der Waals surface area contributed by atoms with Gasteiger partial charge < -0.3 is 0 Å². The van der Waals surface area contributed by atoms with E-state index >= 15 is 0 Å². The van der Waals surface area contributed by atoms with E-state index in [-0.39, 0.29) is 10.8 Å². The number of hydrogen-bond acceptors (Lipinski definition) is 1. The second-order valence-electron chi connectivity index (χ2n) is 5.60. The van der Waals surface area contributed by atoms with Crippen molar-refractivity contribution in [3.8, 4) is 0 Å². The Morgan fingerprint density at radius 3 is 2.36 bits per heavy atom. The first-order chi connectivity index (χ1) is 6.23. The van der Waals surface area contributed by atoms with Crippen LogP contribution in [0.1, 0.15) is 47.5 Å². The first-order valence-electron chi connectivity index (χ1n) is 5.44. The summed E-state index contributed by atoms with van der Waals surface area (Å²) in [6, 6.07) is 0. The first kappa shape index (κ1) is 11.5. The van der Waals surface area contributed by atoms with Gasteiger partial charge in [0.25, 0.3) is 0 Å². The molecule has 0 aromatic carbocycles. The minimum Gasteiger partial charge on any atom is -0.298 e. The number of rotatable bonds is 1. The second-order valence-corrected chi connectivity index (χ2v) is 5.60. The normalized spacial score (nSPS) is 36.9. The molecule has 1 rings (SSSR count). The molecule has 0 N–H and O–H groups in total. The molecule has 0 heterocycles. The van der Waals surface area contributed by atoms with E-state index in [0.29, 0.717) is 11.7 Å². The highest BCUT2D eigenvalue weighted by Crippen LogP contribution is 2.48. The summed E-state index contributed by atoms with van der Waals surface area (Å²) in [7, 11) is 0. The molecule has 0 unspecified atom stereocenters. The second kappa shape index (κ2) is 3.22. The third-order valence-corrected chi connectivity index (χ3v) is 4.34. The molecular weight excluding hydrogens is 172 g/mol. The van der Waals surface area contributed by atoms with Gasteiger partial charge in [0.05, 0.1) is 0 Å². The van der Waals surface area contributed by atoms with Crippen LogP contribution in [-0.2, 0) is 4.79 Å². The Kier molecular flexibility index (Phi) is 2.64. The van der Waals surface area contributed by atoms with Gasteiger partial charge in [-0.3, -0.25) is 4.79 Å². The van der Waals surface area contributed by atoms with Crippen molar-refractivity contribution in [2.24, 2.45) is 16.7 Å². The topological polar surface area (TPSA) is 17.1 Å². The minimum atomic E-state index is -0.282. The highest BCUT2D eigenvalue weighted by Gasteiger charge is 2.49. The van der Waals surface area contributed by atoms with E-state index in [0.717, 1.165) is 18.4 Å². The number of Topliss-reactive ketones (excluding diaryl/α,β-unsaturated/α-hetero) is 1. The molecule has 1 nitrogen and oxygen atoms in total. The van der Waals surface area contributed by atoms with E-state index < -0.39 is 0 Å². The molecule has 0 saturated heterocycles. The monoisotopic (exact) mass is 194 g/mol. The van der Waals surface area contributed by atoms with Gasteiger partial charge in [0.15, 0.2) is 0 Å². The summed E-state index contributed by atoms with van der Waals surface area (Å²) in [5.41, 5.74) is 0.546. The summed E-state index contributed by atoms with van der Waals surface area (Å²) in [5.74, 6) is 0.860. The third-order valence-electron chi connectivity index (χ3n) is 4.34. The van der Waals surface area contributed by atoms with Crippen LogP contribution < -0.4 is 0 Å². The smallest absolute Gasteiger partial charge is 0.148 e. The Labute approximate surface area is 87.6 Å². The van der Waals surface area contributed by atoms with Crippen molar-refractivity contribution in [3.63, 3.8) is 0 Å². The van der Waals surface area contributed by atoms with Crippen molar-refractivity contribution in [3.05, 3.63) is 12.2 Å². The van der Waals surface area contributed by atoms with Crippen LogP contribution in [0.3, 0.4) is 0 Å². The summed E-state index contributed by atoms with van der Waals surface area (Å²) in [6.07, 6.45) is 2.09. The number of carbonyl (C=O) groups is 1. The predicted molar refractivity (Wildman–Crippen MR) is 60.1 cm³/mol. The molecule has 1 aliphatic rings. The quantitative estimate of drug-likeness (QED) is 0.583. The van der Waals surface area contributed by atoms with Crippen molar-refractivity contribution < 1.29 is 4.79 Å². The molecule has 1 heteroatoms. The first-order valence-corrected chi connectivity index (χ1v) is 5.44. The lowest BCUT2D eigenvalue weighted by atomic mass is 9.57. The molecule has 0 aromatic heterocycles. The number of carbonyl (C=O) groups excluding carboxylic acids is 1. The van der Waals surface area contributed by atoms with Gasteiger partial charge in [-0.25, -0.2) is 0 Å². The molecule has 14 heavy (non-hydrogen) atoms. The van der Waals surface area contributed by atoms with Crippen LogP contribution in [0.4, 0.5) is 0 Å². The largest absolute Gasteiger partial charge is 0.298 e. The average molecular weight is 194 g/mol. The molecule has 0 spiro atoms. The maximum absolute atomic E-state index is 12.4. The summed E-state index contributed by atoms with van der Waals surface area (Å²) >= 11 is 0. The van der Waals surface area contributed by atoms with Gasteiger partial charge >= 0.3 is 0 Å². The van der Waals surface area contributed by atoms with Crippen LogP contribution in [0.5, 0.6) is 0 Å². The van der Waals surface area contributed by atoms with Gasteiger partial charge in [0.2, 0.25) is 0 Å². The van der Waals surface area contributed by atoms with Crippen molar-refractivity contribution in [1.29, 1.82) is 0 Å². The lowest BCUT2D eigenvalue weighted by Crippen LogP contribution is -2.47.